The van der Waals surface area contributed by atoms with Gasteiger partial charge in [-0.2, -0.15) is 0 Å². The molecule has 4 aliphatic rings. The maximum absolute atomic E-state index is 17.2. The highest BCUT2D eigenvalue weighted by atomic mass is 19.1. The Morgan fingerprint density at radius 1 is 1.26 bits per heavy atom. The zero-order chi connectivity index (χ0) is 25.6. The van der Waals surface area contributed by atoms with E-state index in [2.05, 4.69) is 0 Å². The van der Waals surface area contributed by atoms with E-state index in [1.165, 1.54) is 37.5 Å². The van der Waals surface area contributed by atoms with E-state index in [0.29, 0.717) is 0 Å². The first kappa shape index (κ1) is 23.9. The third-order valence-corrected chi connectivity index (χ3v) is 9.49. The van der Waals surface area contributed by atoms with E-state index in [0.717, 1.165) is 0 Å². The van der Waals surface area contributed by atoms with Gasteiger partial charge in [0.2, 0.25) is 11.4 Å². The largest absolute Gasteiger partial charge is 0.478 e. The number of hydrogen-bond donors (Lipinski definition) is 2. The number of aliphatic hydroxyl groups is 1. The Labute approximate surface area is 200 Å². The lowest BCUT2D eigenvalue weighted by molar-refractivity contribution is -0.223. The third kappa shape index (κ3) is 2.76. The summed E-state index contributed by atoms with van der Waals surface area (Å²) in [5, 5.41) is 21.8. The van der Waals surface area contributed by atoms with Crippen molar-refractivity contribution < 1.29 is 42.5 Å². The Bertz CT molecular complexity index is 1170. The van der Waals surface area contributed by atoms with E-state index < -0.39 is 63.7 Å². The summed E-state index contributed by atoms with van der Waals surface area (Å²) in [7, 11) is 0. The Balaban J connectivity index is 1.63. The first-order valence-electron chi connectivity index (χ1n) is 11.8. The van der Waals surface area contributed by atoms with Gasteiger partial charge in [0.25, 0.3) is 0 Å². The van der Waals surface area contributed by atoms with Crippen LogP contribution in [0.5, 0.6) is 0 Å². The van der Waals surface area contributed by atoms with E-state index in [1.807, 2.05) is 0 Å². The molecule has 2 unspecified atom stereocenters. The number of esters is 1. The molecule has 2 fully saturated rings. The van der Waals surface area contributed by atoms with Gasteiger partial charge in [-0.15, -0.1) is 0 Å². The van der Waals surface area contributed by atoms with Crippen molar-refractivity contribution in [3.05, 3.63) is 47.7 Å². The third-order valence-electron chi connectivity index (χ3n) is 9.49. The summed E-state index contributed by atoms with van der Waals surface area (Å²) in [4.78, 5) is 37.7. The number of aliphatic hydroxyl groups excluding tert-OH is 1. The van der Waals surface area contributed by atoms with Gasteiger partial charge in [0, 0.05) is 35.5 Å². The number of allylic oxidation sites excluding steroid dienone is 4. The summed E-state index contributed by atoms with van der Waals surface area (Å²) in [6, 6.07) is 2.81. The standard InChI is InChI=1S/C26H28F2O7/c1-13-9-15-16-11-18(27)17-10-14(29)6-7-23(17,2)25(16,28)20(30)12-24(15,3)26(13,22(32)33)35-21(31)19-5-4-8-34-19/h4-8,13,15-16,20,30H,9-12H2,1-3H3,(H,32,33)/t13-,15?,16?,20+,23+,24+,25+,26+/m1/s1. The molecule has 5 rings (SSSR count). The number of aliphatic carboxylic acids is 1. The molecule has 9 heteroatoms. The molecule has 0 amide bonds. The highest BCUT2D eigenvalue weighted by Gasteiger charge is 2.78. The fourth-order valence-electron chi connectivity index (χ4n) is 7.81. The number of halogens is 2. The van der Waals surface area contributed by atoms with Crippen LogP contribution in [0.25, 0.3) is 0 Å². The van der Waals surface area contributed by atoms with E-state index in [4.69, 9.17) is 9.15 Å². The topological polar surface area (TPSA) is 114 Å². The molecule has 1 aromatic heterocycles. The number of carbonyl (C=O) groups is 3. The summed E-state index contributed by atoms with van der Waals surface area (Å²) in [6.07, 6.45) is 1.34. The highest BCUT2D eigenvalue weighted by molar-refractivity contribution is 5.94. The summed E-state index contributed by atoms with van der Waals surface area (Å²) in [5.74, 6) is -6.07. The lowest BCUT2D eigenvalue weighted by atomic mass is 9.45. The molecule has 0 radical (unpaired) electrons. The van der Waals surface area contributed by atoms with Crippen LogP contribution < -0.4 is 0 Å². The maximum Gasteiger partial charge on any atom is 0.375 e. The number of ether oxygens (including phenoxy) is 1. The number of carboxylic acid groups (broad SMARTS) is 1. The van der Waals surface area contributed by atoms with Crippen LogP contribution in [0.15, 0.2) is 46.4 Å². The lowest BCUT2D eigenvalue weighted by Gasteiger charge is -2.62. The minimum absolute atomic E-state index is 0.0335. The second kappa shape index (κ2) is 7.35. The lowest BCUT2D eigenvalue weighted by Crippen LogP contribution is -2.69. The van der Waals surface area contributed by atoms with E-state index in [-0.39, 0.29) is 42.8 Å². The van der Waals surface area contributed by atoms with Crippen molar-refractivity contribution in [2.45, 2.75) is 63.8 Å². The quantitative estimate of drug-likeness (QED) is 0.611. The summed E-state index contributed by atoms with van der Waals surface area (Å²) in [6.45, 7) is 4.68. The van der Waals surface area contributed by atoms with Gasteiger partial charge in [-0.05, 0) is 49.5 Å². The normalized spacial score (nSPS) is 44.5. The molecule has 1 heterocycles. The van der Waals surface area contributed by atoms with Crippen LogP contribution >= 0.6 is 0 Å². The zero-order valence-electron chi connectivity index (χ0n) is 19.7. The predicted molar refractivity (Wildman–Crippen MR) is 117 cm³/mol. The monoisotopic (exact) mass is 490 g/mol. The van der Waals surface area contributed by atoms with Crippen molar-refractivity contribution in [2.24, 2.45) is 28.6 Å². The molecule has 2 saturated carbocycles. The van der Waals surface area contributed by atoms with Crippen LogP contribution in [0.1, 0.15) is 57.0 Å². The van der Waals surface area contributed by atoms with Gasteiger partial charge in [0.05, 0.1) is 12.4 Å². The molecule has 0 aromatic carbocycles. The fraction of sp³-hybridized carbons (Fsp3) is 0.577. The van der Waals surface area contributed by atoms with Gasteiger partial charge in [-0.25, -0.2) is 18.4 Å². The van der Waals surface area contributed by atoms with Crippen LogP contribution in [-0.4, -0.2) is 45.3 Å². The molecule has 2 N–H and O–H groups in total. The molecule has 0 bridgehead atoms. The van der Waals surface area contributed by atoms with Crippen molar-refractivity contribution in [3.63, 3.8) is 0 Å². The summed E-state index contributed by atoms with van der Waals surface area (Å²) >= 11 is 0. The molecule has 0 saturated heterocycles. The van der Waals surface area contributed by atoms with Gasteiger partial charge < -0.3 is 19.4 Å². The number of hydrogen-bond acceptors (Lipinski definition) is 6. The number of ketones is 1. The first-order valence-corrected chi connectivity index (χ1v) is 11.8. The van der Waals surface area contributed by atoms with E-state index in [1.54, 1.807) is 13.8 Å². The minimum atomic E-state index is -2.33. The Hall–Kier alpha value is -2.81. The van der Waals surface area contributed by atoms with Crippen molar-refractivity contribution >= 4 is 17.7 Å². The van der Waals surface area contributed by atoms with Gasteiger partial charge in [0.1, 0.15) is 5.83 Å². The van der Waals surface area contributed by atoms with E-state index >= 15 is 8.78 Å². The molecule has 0 spiro atoms. The van der Waals surface area contributed by atoms with Gasteiger partial charge in [0.15, 0.2) is 11.5 Å². The van der Waals surface area contributed by atoms with Crippen molar-refractivity contribution in [2.75, 3.05) is 0 Å². The van der Waals surface area contributed by atoms with Gasteiger partial charge in [-0.3, -0.25) is 4.79 Å². The Morgan fingerprint density at radius 2 is 1.97 bits per heavy atom. The van der Waals surface area contributed by atoms with Crippen molar-refractivity contribution in [1.29, 1.82) is 0 Å². The molecule has 8 atom stereocenters. The highest BCUT2D eigenvalue weighted by Crippen LogP contribution is 2.71. The molecule has 1 aromatic rings. The number of rotatable bonds is 3. The van der Waals surface area contributed by atoms with Crippen LogP contribution in [0.2, 0.25) is 0 Å². The molecular formula is C26H28F2O7. The Kier molecular flexibility index (Phi) is 5.02. The Morgan fingerprint density at radius 3 is 2.60 bits per heavy atom. The average Bonchev–Trinajstić information content (AvgIpc) is 3.39. The molecule has 35 heavy (non-hydrogen) atoms. The number of carbonyl (C=O) groups excluding carboxylic acids is 2. The van der Waals surface area contributed by atoms with E-state index in [9.17, 15) is 24.6 Å². The number of alkyl halides is 1. The fourth-order valence-corrected chi connectivity index (χ4v) is 7.81. The molecule has 0 aliphatic heterocycles. The molecule has 4 aliphatic carbocycles. The van der Waals surface area contributed by atoms with Crippen molar-refractivity contribution in [3.8, 4) is 0 Å². The summed E-state index contributed by atoms with van der Waals surface area (Å²) in [5.41, 5.74) is -7.35. The number of fused-ring (bicyclic) bond motifs is 5. The van der Waals surface area contributed by atoms with Crippen LogP contribution in [0, 0.1) is 28.6 Å². The minimum Gasteiger partial charge on any atom is -0.478 e. The second-order valence-corrected chi connectivity index (χ2v) is 10.9. The van der Waals surface area contributed by atoms with Gasteiger partial charge >= 0.3 is 11.9 Å². The average molecular weight is 490 g/mol. The van der Waals surface area contributed by atoms with Crippen molar-refractivity contribution in [1.82, 2.24) is 0 Å². The smallest absolute Gasteiger partial charge is 0.375 e. The van der Waals surface area contributed by atoms with Crippen LogP contribution in [0.3, 0.4) is 0 Å². The predicted octanol–water partition coefficient (Wildman–Crippen LogP) is 4.17. The number of carboxylic acids is 1. The van der Waals surface area contributed by atoms with Crippen LogP contribution in [-0.2, 0) is 14.3 Å². The first-order chi connectivity index (χ1) is 16.3. The van der Waals surface area contributed by atoms with Crippen LogP contribution in [0.4, 0.5) is 8.78 Å². The SMILES string of the molecule is C[C@@H]1CC2C3CC(F)=C4CC(=O)C=C[C@]4(C)[C@@]3(F)[C@@H](O)C[C@]2(C)[C@@]1(OC(=O)c1ccco1)C(=O)O. The zero-order valence-corrected chi connectivity index (χ0v) is 19.7. The molecule has 7 nitrogen and oxygen atoms in total. The summed E-state index contributed by atoms with van der Waals surface area (Å²) < 4.78 is 43.5. The second-order valence-electron chi connectivity index (χ2n) is 10.9. The van der Waals surface area contributed by atoms with Gasteiger partial charge in [-0.1, -0.05) is 19.9 Å². The maximum atomic E-state index is 17.2. The molecular weight excluding hydrogens is 462 g/mol. The number of furan rings is 1. The molecule has 188 valence electrons.